The van der Waals surface area contributed by atoms with Gasteiger partial charge >= 0.3 is 0 Å². The lowest BCUT2D eigenvalue weighted by atomic mass is 9.98. The number of aliphatic imine (C=N–C) groups is 1. The lowest BCUT2D eigenvalue weighted by Crippen LogP contribution is -2.03. The van der Waals surface area contributed by atoms with Crippen LogP contribution in [0.3, 0.4) is 0 Å². The molecule has 0 spiro atoms. The Morgan fingerprint density at radius 2 is 1.38 bits per heavy atom. The predicted molar refractivity (Wildman–Crippen MR) is 170 cm³/mol. The molecule has 3 aromatic rings. The molecule has 0 aliphatic carbocycles. The molecule has 8 heteroatoms. The second-order valence-corrected chi connectivity index (χ2v) is 12.9. The number of aromatic hydroxyl groups is 1. The molecule has 2 heterocycles. The first-order valence-corrected chi connectivity index (χ1v) is 16.1. The van der Waals surface area contributed by atoms with E-state index in [1.54, 1.807) is 6.07 Å². The van der Waals surface area contributed by atoms with E-state index in [4.69, 9.17) is 23.2 Å². The van der Waals surface area contributed by atoms with Crippen LogP contribution in [0.15, 0.2) is 38.2 Å². The maximum atomic E-state index is 13.1. The molecule has 0 saturated carbocycles. The Balaban J connectivity index is 1.47. The third-order valence-corrected chi connectivity index (χ3v) is 9.09. The fourth-order valence-electron chi connectivity index (χ4n) is 5.26. The largest absolute Gasteiger partial charge is 0.494 e. The fourth-order valence-corrected chi connectivity index (χ4v) is 7.66. The SMILES string of the molecule is CCCCCCCCCCCCc1cc(Cl)c(-c2[nH]c(O)c3c2C(=O)N=C3c2c(Cl)cc(C)cc2Br)c(Br)c1. The Morgan fingerprint density at radius 3 is 2.00 bits per heavy atom. The van der Waals surface area contributed by atoms with Crippen LogP contribution >= 0.6 is 55.1 Å². The summed E-state index contributed by atoms with van der Waals surface area (Å²) in [7, 11) is 0. The van der Waals surface area contributed by atoms with Crippen LogP contribution in [0.2, 0.25) is 10.0 Å². The minimum Gasteiger partial charge on any atom is -0.494 e. The maximum Gasteiger partial charge on any atom is 0.280 e. The van der Waals surface area contributed by atoms with Gasteiger partial charge in [0.15, 0.2) is 5.88 Å². The normalized spacial score (nSPS) is 12.8. The molecule has 39 heavy (non-hydrogen) atoms. The number of amides is 1. The summed E-state index contributed by atoms with van der Waals surface area (Å²) in [4.78, 5) is 20.4. The zero-order chi connectivity index (χ0) is 28.1. The highest BCUT2D eigenvalue weighted by Gasteiger charge is 2.36. The molecule has 4 nitrogen and oxygen atoms in total. The van der Waals surface area contributed by atoms with E-state index >= 15 is 0 Å². The zero-order valence-electron chi connectivity index (χ0n) is 22.4. The molecule has 208 valence electrons. The topological polar surface area (TPSA) is 65.4 Å². The molecule has 1 amide bonds. The van der Waals surface area contributed by atoms with E-state index in [1.807, 2.05) is 25.1 Å². The summed E-state index contributed by atoms with van der Waals surface area (Å²) < 4.78 is 1.46. The Bertz CT molecular complexity index is 1350. The molecule has 1 aliphatic rings. The molecule has 2 aromatic carbocycles. The summed E-state index contributed by atoms with van der Waals surface area (Å²) >= 11 is 20.5. The average Bonchev–Trinajstić information content (AvgIpc) is 3.37. The monoisotopic (exact) mass is 694 g/mol. The number of aromatic amines is 1. The third kappa shape index (κ3) is 7.01. The van der Waals surface area contributed by atoms with Crippen molar-refractivity contribution < 1.29 is 9.90 Å². The van der Waals surface area contributed by atoms with Gasteiger partial charge < -0.3 is 10.1 Å². The van der Waals surface area contributed by atoms with Crippen molar-refractivity contribution >= 4 is 66.7 Å². The number of carbonyl (C=O) groups is 1. The van der Waals surface area contributed by atoms with Crippen LogP contribution in [-0.2, 0) is 6.42 Å². The van der Waals surface area contributed by atoms with Crippen LogP contribution < -0.4 is 0 Å². The number of aromatic nitrogens is 1. The summed E-state index contributed by atoms with van der Waals surface area (Å²) in [5, 5.41) is 11.8. The minimum atomic E-state index is -0.451. The van der Waals surface area contributed by atoms with Crippen LogP contribution in [0, 0.1) is 6.92 Å². The second kappa shape index (κ2) is 13.8. The van der Waals surface area contributed by atoms with E-state index in [0.29, 0.717) is 42.6 Å². The highest BCUT2D eigenvalue weighted by molar-refractivity contribution is 9.11. The van der Waals surface area contributed by atoms with Gasteiger partial charge in [-0.1, -0.05) is 120 Å². The molecule has 0 fully saturated rings. The third-order valence-electron chi connectivity index (χ3n) is 7.24. The summed E-state index contributed by atoms with van der Waals surface area (Å²) in [5.74, 6) is -0.599. The number of H-pyrrole nitrogens is 1. The molecule has 4 rings (SSSR count). The Hall–Kier alpha value is -1.60. The van der Waals surface area contributed by atoms with Gasteiger partial charge in [-0.25, -0.2) is 4.99 Å². The van der Waals surface area contributed by atoms with Gasteiger partial charge in [0.2, 0.25) is 0 Å². The van der Waals surface area contributed by atoms with Crippen LogP contribution in [0.1, 0.15) is 104 Å². The number of hydrogen-bond acceptors (Lipinski definition) is 2. The summed E-state index contributed by atoms with van der Waals surface area (Å²) in [6.45, 7) is 4.18. The fraction of sp³-hybridized carbons (Fsp3) is 0.419. The lowest BCUT2D eigenvalue weighted by molar-refractivity contribution is 0.101. The maximum absolute atomic E-state index is 13.1. The number of unbranched alkanes of at least 4 members (excludes halogenated alkanes) is 9. The molecule has 0 bridgehead atoms. The number of benzene rings is 2. The number of nitrogens with one attached hydrogen (secondary N) is 1. The van der Waals surface area contributed by atoms with E-state index in [1.165, 1.54) is 57.8 Å². The zero-order valence-corrected chi connectivity index (χ0v) is 27.1. The van der Waals surface area contributed by atoms with Crippen molar-refractivity contribution in [2.45, 2.75) is 84.5 Å². The van der Waals surface area contributed by atoms with Crippen LogP contribution in [0.25, 0.3) is 11.3 Å². The Labute approximate surface area is 257 Å². The van der Waals surface area contributed by atoms with Gasteiger partial charge in [-0.2, -0.15) is 0 Å². The first-order valence-electron chi connectivity index (χ1n) is 13.8. The van der Waals surface area contributed by atoms with Gasteiger partial charge in [0.05, 0.1) is 32.6 Å². The average molecular weight is 697 g/mol. The Kier molecular flexibility index (Phi) is 10.8. The van der Waals surface area contributed by atoms with Crippen molar-refractivity contribution in [3.05, 3.63) is 71.1 Å². The van der Waals surface area contributed by atoms with Crippen LogP contribution in [0.5, 0.6) is 5.88 Å². The van der Waals surface area contributed by atoms with E-state index in [2.05, 4.69) is 48.8 Å². The number of fused-ring (bicyclic) bond motifs is 1. The smallest absolute Gasteiger partial charge is 0.280 e. The van der Waals surface area contributed by atoms with Crippen molar-refractivity contribution in [1.29, 1.82) is 0 Å². The lowest BCUT2D eigenvalue weighted by Gasteiger charge is -2.10. The molecule has 0 atom stereocenters. The van der Waals surface area contributed by atoms with Crippen molar-refractivity contribution in [3.8, 4) is 17.1 Å². The van der Waals surface area contributed by atoms with Gasteiger partial charge in [0.1, 0.15) is 0 Å². The van der Waals surface area contributed by atoms with Crippen molar-refractivity contribution in [2.24, 2.45) is 4.99 Å². The molecule has 2 N–H and O–H groups in total. The second-order valence-electron chi connectivity index (χ2n) is 10.3. The summed E-state index contributed by atoms with van der Waals surface area (Å²) in [6.07, 6.45) is 13.9. The van der Waals surface area contributed by atoms with E-state index in [-0.39, 0.29) is 11.4 Å². The molecular weight excluding hydrogens is 663 g/mol. The number of halogens is 4. The predicted octanol–water partition coefficient (Wildman–Crippen LogP) is 11.0. The standard InChI is InChI=1S/C31H34Br2Cl2N2O2/c1-3-4-5-6-7-8-9-10-11-12-13-19-16-21(33)25(23(35)17-19)29-27-26(30(38)37-29)28(36-31(27)39)24-20(32)14-18(2)15-22(24)34/h14-17,37-38H,3-13H2,1-2H3. The van der Waals surface area contributed by atoms with E-state index in [0.717, 1.165) is 28.4 Å². The number of carbonyl (C=O) groups excluding carboxylic acids is 1. The minimum absolute atomic E-state index is 0.148. The molecule has 1 aliphatic heterocycles. The van der Waals surface area contributed by atoms with Crippen molar-refractivity contribution in [2.75, 3.05) is 0 Å². The highest BCUT2D eigenvalue weighted by atomic mass is 79.9. The number of nitrogens with zero attached hydrogens (tertiary/aromatic N) is 1. The van der Waals surface area contributed by atoms with Crippen LogP contribution in [0.4, 0.5) is 0 Å². The van der Waals surface area contributed by atoms with Gasteiger partial charge in [-0.15, -0.1) is 0 Å². The highest BCUT2D eigenvalue weighted by Crippen LogP contribution is 2.45. The molecule has 0 unspecified atom stereocenters. The summed E-state index contributed by atoms with van der Waals surface area (Å²) in [6, 6.07) is 7.71. The van der Waals surface area contributed by atoms with Crippen molar-refractivity contribution in [3.63, 3.8) is 0 Å². The van der Waals surface area contributed by atoms with Crippen LogP contribution in [-0.4, -0.2) is 21.7 Å². The Morgan fingerprint density at radius 1 is 0.795 bits per heavy atom. The summed E-state index contributed by atoms with van der Waals surface area (Å²) in [5.41, 5.74) is 4.68. The number of rotatable bonds is 13. The van der Waals surface area contributed by atoms with Gasteiger partial charge in [-0.3, -0.25) is 4.79 Å². The van der Waals surface area contributed by atoms with E-state index in [9.17, 15) is 9.90 Å². The first-order chi connectivity index (χ1) is 18.7. The van der Waals surface area contributed by atoms with Gasteiger partial charge in [0.25, 0.3) is 5.91 Å². The quantitative estimate of drug-likeness (QED) is 0.175. The van der Waals surface area contributed by atoms with Gasteiger partial charge in [-0.05, 0) is 55.2 Å². The molecule has 0 radical (unpaired) electrons. The number of hydrogen-bond donors (Lipinski definition) is 2. The molecule has 0 saturated heterocycles. The first kappa shape index (κ1) is 30.4. The van der Waals surface area contributed by atoms with E-state index < -0.39 is 5.91 Å². The van der Waals surface area contributed by atoms with Crippen molar-refractivity contribution in [1.82, 2.24) is 4.98 Å². The molecular formula is C31H34Br2Cl2N2O2. The van der Waals surface area contributed by atoms with Gasteiger partial charge in [0, 0.05) is 20.1 Å². The number of aryl methyl sites for hydroxylation is 2. The molecule has 1 aromatic heterocycles.